The molecule has 10 heteroatoms. The molecule has 1 fully saturated rings. The van der Waals surface area contributed by atoms with Gasteiger partial charge in [-0.15, -0.1) is 0 Å². The maximum absolute atomic E-state index is 12.9. The van der Waals surface area contributed by atoms with E-state index in [0.717, 1.165) is 56.0 Å². The van der Waals surface area contributed by atoms with Gasteiger partial charge in [-0.2, -0.15) is 5.10 Å². The Morgan fingerprint density at radius 2 is 1.57 bits per heavy atom. The van der Waals surface area contributed by atoms with Crippen LogP contribution in [0.3, 0.4) is 0 Å². The first-order chi connectivity index (χ1) is 19.5. The van der Waals surface area contributed by atoms with Crippen molar-refractivity contribution in [3.05, 3.63) is 92.7 Å². The number of aromatic nitrogens is 3. The van der Waals surface area contributed by atoms with Gasteiger partial charge in [0.15, 0.2) is 11.5 Å². The number of para-hydroxylation sites is 2. The van der Waals surface area contributed by atoms with E-state index in [1.54, 1.807) is 17.9 Å². The van der Waals surface area contributed by atoms with E-state index >= 15 is 0 Å². The number of pyridine rings is 1. The Labute approximate surface area is 238 Å². The summed E-state index contributed by atoms with van der Waals surface area (Å²) in [6, 6.07) is 17.2. The number of halogens is 1. The first-order valence-electron chi connectivity index (χ1n) is 13.6. The van der Waals surface area contributed by atoms with Gasteiger partial charge in [-0.25, -0.2) is 4.68 Å². The molecule has 40 heavy (non-hydrogen) atoms. The van der Waals surface area contributed by atoms with Crippen LogP contribution in [0.4, 0.5) is 5.69 Å². The van der Waals surface area contributed by atoms with Gasteiger partial charge in [0.25, 0.3) is 11.1 Å². The van der Waals surface area contributed by atoms with Crippen LogP contribution in [0.25, 0.3) is 10.8 Å². The van der Waals surface area contributed by atoms with E-state index in [-0.39, 0.29) is 16.1 Å². The fourth-order valence-electron chi connectivity index (χ4n) is 5.02. The Bertz CT molecular complexity index is 1560. The van der Waals surface area contributed by atoms with Crippen molar-refractivity contribution in [2.75, 3.05) is 51.3 Å². The molecule has 0 unspecified atom stereocenters. The van der Waals surface area contributed by atoms with E-state index in [0.29, 0.717) is 37.2 Å². The van der Waals surface area contributed by atoms with Crippen LogP contribution < -0.4 is 25.5 Å². The van der Waals surface area contributed by atoms with Gasteiger partial charge >= 0.3 is 0 Å². The minimum Gasteiger partial charge on any atom is -0.493 e. The molecule has 0 bridgehead atoms. The Morgan fingerprint density at radius 1 is 0.850 bits per heavy atom. The van der Waals surface area contributed by atoms with Crippen molar-refractivity contribution in [2.45, 2.75) is 25.9 Å². The average Bonchev–Trinajstić information content (AvgIpc) is 2.99. The minimum atomic E-state index is -0.283. The summed E-state index contributed by atoms with van der Waals surface area (Å²) in [4.78, 5) is 30.1. The molecule has 5 rings (SSSR count). The zero-order valence-electron chi connectivity index (χ0n) is 22.7. The summed E-state index contributed by atoms with van der Waals surface area (Å²) in [7, 11) is 1.64. The smallest absolute Gasteiger partial charge is 0.287 e. The highest BCUT2D eigenvalue weighted by Crippen LogP contribution is 2.26. The molecule has 1 aliphatic heterocycles. The van der Waals surface area contributed by atoms with Gasteiger partial charge in [0, 0.05) is 57.4 Å². The van der Waals surface area contributed by atoms with Crippen LogP contribution in [0.15, 0.2) is 76.6 Å². The van der Waals surface area contributed by atoms with Gasteiger partial charge in [-0.3, -0.25) is 14.5 Å². The van der Waals surface area contributed by atoms with Crippen molar-refractivity contribution in [1.82, 2.24) is 19.2 Å². The molecular weight excluding hydrogens is 530 g/mol. The Balaban J connectivity index is 1.09. The second-order valence-electron chi connectivity index (χ2n) is 9.81. The predicted octanol–water partition coefficient (Wildman–Crippen LogP) is 3.90. The number of unbranched alkanes of at least 4 members (excludes halogenated alkanes) is 1. The minimum absolute atomic E-state index is 0.00448. The topological polar surface area (TPSA) is 81.8 Å². The molecule has 4 aromatic rings. The predicted molar refractivity (Wildman–Crippen MR) is 158 cm³/mol. The SMILES string of the molecule is COc1ccccc1OCCN1CCN(c2cnn(CCCCn3ccc4ccccc4c3=O)c(=O)c2Cl)CC1. The molecule has 0 N–H and O–H groups in total. The Morgan fingerprint density at radius 3 is 2.38 bits per heavy atom. The Kier molecular flexibility index (Phi) is 9.03. The molecule has 1 aliphatic rings. The van der Waals surface area contributed by atoms with Gasteiger partial charge in [-0.05, 0) is 42.5 Å². The maximum atomic E-state index is 12.9. The third-order valence-electron chi connectivity index (χ3n) is 7.32. The molecular formula is C30H34ClN5O4. The lowest BCUT2D eigenvalue weighted by Gasteiger charge is -2.36. The van der Waals surface area contributed by atoms with Crippen molar-refractivity contribution in [2.24, 2.45) is 0 Å². The van der Waals surface area contributed by atoms with Crippen molar-refractivity contribution >= 4 is 28.1 Å². The van der Waals surface area contributed by atoms with Crippen LogP contribution in [-0.2, 0) is 13.1 Å². The van der Waals surface area contributed by atoms with E-state index in [1.165, 1.54) is 4.68 Å². The van der Waals surface area contributed by atoms with Gasteiger partial charge in [0.05, 0.1) is 19.0 Å². The molecule has 210 valence electrons. The zero-order chi connectivity index (χ0) is 27.9. The number of anilines is 1. The van der Waals surface area contributed by atoms with Crippen LogP contribution >= 0.6 is 11.6 Å². The number of methoxy groups -OCH3 is 1. The zero-order valence-corrected chi connectivity index (χ0v) is 23.4. The first kappa shape index (κ1) is 27.7. The maximum Gasteiger partial charge on any atom is 0.287 e. The van der Waals surface area contributed by atoms with E-state index in [9.17, 15) is 9.59 Å². The number of benzene rings is 2. The fourth-order valence-corrected chi connectivity index (χ4v) is 5.29. The summed E-state index contributed by atoms with van der Waals surface area (Å²) in [5.74, 6) is 1.47. The third kappa shape index (κ3) is 6.32. The van der Waals surface area contributed by atoms with Gasteiger partial charge in [0.1, 0.15) is 11.6 Å². The highest BCUT2D eigenvalue weighted by atomic mass is 35.5. The third-order valence-corrected chi connectivity index (χ3v) is 7.67. The number of ether oxygens (including phenoxy) is 2. The fraction of sp³-hybridized carbons (Fsp3) is 0.367. The summed E-state index contributed by atoms with van der Waals surface area (Å²) in [5, 5.41) is 6.26. The average molecular weight is 564 g/mol. The molecule has 1 saturated heterocycles. The first-order valence-corrected chi connectivity index (χ1v) is 14.0. The number of piperazine rings is 1. The van der Waals surface area contributed by atoms with Gasteiger partial charge < -0.3 is 18.9 Å². The molecule has 0 amide bonds. The molecule has 0 aliphatic carbocycles. The summed E-state index contributed by atoms with van der Waals surface area (Å²) < 4.78 is 14.4. The van der Waals surface area contributed by atoms with Crippen LogP contribution in [0.5, 0.6) is 11.5 Å². The highest BCUT2D eigenvalue weighted by Gasteiger charge is 2.21. The Hall–Kier alpha value is -3.82. The van der Waals surface area contributed by atoms with Crippen molar-refractivity contribution in [1.29, 1.82) is 0 Å². The molecule has 0 saturated carbocycles. The van der Waals surface area contributed by atoms with Crippen LogP contribution in [-0.4, -0.2) is 65.7 Å². The van der Waals surface area contributed by atoms with E-state index < -0.39 is 0 Å². The number of hydrogen-bond donors (Lipinski definition) is 0. The van der Waals surface area contributed by atoms with Crippen molar-refractivity contribution < 1.29 is 9.47 Å². The van der Waals surface area contributed by atoms with Crippen LogP contribution in [0.2, 0.25) is 5.02 Å². The van der Waals surface area contributed by atoms with Crippen LogP contribution in [0.1, 0.15) is 12.8 Å². The summed E-state index contributed by atoms with van der Waals surface area (Å²) in [6.45, 7) is 5.56. The molecule has 0 atom stereocenters. The van der Waals surface area contributed by atoms with Crippen molar-refractivity contribution in [3.8, 4) is 11.5 Å². The lowest BCUT2D eigenvalue weighted by atomic mass is 10.2. The largest absolute Gasteiger partial charge is 0.493 e. The van der Waals surface area contributed by atoms with E-state index in [2.05, 4.69) is 14.9 Å². The number of hydrogen-bond acceptors (Lipinski definition) is 7. The van der Waals surface area contributed by atoms with Gasteiger partial charge in [0.2, 0.25) is 0 Å². The van der Waals surface area contributed by atoms with Crippen molar-refractivity contribution in [3.63, 3.8) is 0 Å². The van der Waals surface area contributed by atoms with Gasteiger partial charge in [-0.1, -0.05) is 41.9 Å². The number of rotatable bonds is 11. The molecule has 0 spiro atoms. The second-order valence-corrected chi connectivity index (χ2v) is 10.2. The summed E-state index contributed by atoms with van der Waals surface area (Å²) >= 11 is 6.53. The molecule has 0 radical (unpaired) electrons. The molecule has 2 aromatic heterocycles. The monoisotopic (exact) mass is 563 g/mol. The molecule has 3 heterocycles. The van der Waals surface area contributed by atoms with E-state index in [1.807, 2.05) is 60.8 Å². The lowest BCUT2D eigenvalue weighted by Crippen LogP contribution is -2.48. The number of fused-ring (bicyclic) bond motifs is 1. The number of nitrogens with zero attached hydrogens (tertiary/aromatic N) is 5. The quantitative estimate of drug-likeness (QED) is 0.256. The molecule has 9 nitrogen and oxygen atoms in total. The molecule has 2 aromatic carbocycles. The summed E-state index contributed by atoms with van der Waals surface area (Å²) in [6.07, 6.45) is 4.97. The normalized spacial score (nSPS) is 14.0. The standard InChI is InChI=1S/C30H34ClN5O4/c1-39-26-10-4-5-11-27(26)40-21-20-33-16-18-34(19-17-33)25-22-32-36(30(38)28(25)31)14-7-6-13-35-15-12-23-8-2-3-9-24(23)29(35)37/h2-5,8-12,15,22H,6-7,13-14,16-21H2,1H3. The van der Waals surface area contributed by atoms with Crippen LogP contribution in [0, 0.1) is 0 Å². The van der Waals surface area contributed by atoms with E-state index in [4.69, 9.17) is 21.1 Å². The lowest BCUT2D eigenvalue weighted by molar-refractivity contribution is 0.197. The highest BCUT2D eigenvalue weighted by molar-refractivity contribution is 6.33. The number of aryl methyl sites for hydroxylation is 2. The summed E-state index contributed by atoms with van der Waals surface area (Å²) in [5.41, 5.74) is 0.398. The second kappa shape index (κ2) is 13.0.